The van der Waals surface area contributed by atoms with E-state index in [9.17, 15) is 13.2 Å². The van der Waals surface area contributed by atoms with Crippen molar-refractivity contribution < 1.29 is 17.9 Å². The number of anilines is 1. The highest BCUT2D eigenvalue weighted by Gasteiger charge is 2.31. The van der Waals surface area contributed by atoms with Crippen LogP contribution in [0.3, 0.4) is 0 Å². The standard InChI is InChI=1S/C18H20N2O4S2/c1-19-26(22,23)14-2-3-15-13(10-14)4-7-20(15)17(21)11-16-18-12(5-8-24-16)6-9-25-18/h2-3,6,9-10,16,19H,4-5,7-8,11H2,1H3. The highest BCUT2D eigenvalue weighted by atomic mass is 32.2. The average molecular weight is 393 g/mol. The molecule has 0 saturated heterocycles. The molecule has 0 aliphatic carbocycles. The molecule has 26 heavy (non-hydrogen) atoms. The summed E-state index contributed by atoms with van der Waals surface area (Å²) in [5.41, 5.74) is 2.96. The topological polar surface area (TPSA) is 75.7 Å². The number of sulfonamides is 1. The summed E-state index contributed by atoms with van der Waals surface area (Å²) in [6.07, 6.45) is 1.69. The van der Waals surface area contributed by atoms with Crippen LogP contribution in [0.5, 0.6) is 0 Å². The number of carbonyl (C=O) groups is 1. The van der Waals surface area contributed by atoms with Gasteiger partial charge in [-0.15, -0.1) is 11.3 Å². The van der Waals surface area contributed by atoms with Crippen molar-refractivity contribution in [1.29, 1.82) is 0 Å². The van der Waals surface area contributed by atoms with Crippen molar-refractivity contribution in [3.8, 4) is 0 Å². The maximum Gasteiger partial charge on any atom is 0.240 e. The van der Waals surface area contributed by atoms with Crippen molar-refractivity contribution in [2.24, 2.45) is 0 Å². The molecule has 0 spiro atoms. The SMILES string of the molecule is CNS(=O)(=O)c1ccc2c(c1)CCN2C(=O)CC1OCCc2ccsc21. The van der Waals surface area contributed by atoms with Gasteiger partial charge in [0.15, 0.2) is 0 Å². The van der Waals surface area contributed by atoms with Crippen LogP contribution in [-0.2, 0) is 32.4 Å². The average Bonchev–Trinajstić information content (AvgIpc) is 3.28. The van der Waals surface area contributed by atoms with Crippen molar-refractivity contribution >= 4 is 33.0 Å². The van der Waals surface area contributed by atoms with Crippen molar-refractivity contribution in [1.82, 2.24) is 4.72 Å². The van der Waals surface area contributed by atoms with E-state index in [1.54, 1.807) is 34.4 Å². The van der Waals surface area contributed by atoms with Crippen molar-refractivity contribution in [2.75, 3.05) is 25.1 Å². The summed E-state index contributed by atoms with van der Waals surface area (Å²) in [7, 11) is -2.09. The van der Waals surface area contributed by atoms with Crippen LogP contribution in [0.15, 0.2) is 34.5 Å². The summed E-state index contributed by atoms with van der Waals surface area (Å²) in [5.74, 6) is 0.0132. The molecule has 138 valence electrons. The Kier molecular flexibility index (Phi) is 4.60. The van der Waals surface area contributed by atoms with Crippen LogP contribution < -0.4 is 9.62 Å². The lowest BCUT2D eigenvalue weighted by Crippen LogP contribution is -2.31. The van der Waals surface area contributed by atoms with E-state index in [2.05, 4.69) is 10.8 Å². The van der Waals surface area contributed by atoms with Gasteiger partial charge < -0.3 is 9.64 Å². The summed E-state index contributed by atoms with van der Waals surface area (Å²) in [6.45, 7) is 1.21. The lowest BCUT2D eigenvalue weighted by atomic mass is 10.1. The predicted octanol–water partition coefficient (Wildman–Crippen LogP) is 2.25. The van der Waals surface area contributed by atoms with E-state index in [1.807, 2.05) is 5.38 Å². The first-order valence-corrected chi connectivity index (χ1v) is 10.9. The van der Waals surface area contributed by atoms with E-state index >= 15 is 0 Å². The number of ether oxygens (including phenoxy) is 1. The Morgan fingerprint density at radius 3 is 2.96 bits per heavy atom. The van der Waals surface area contributed by atoms with Gasteiger partial charge in [-0.2, -0.15) is 0 Å². The third kappa shape index (κ3) is 3.07. The molecule has 1 atom stereocenters. The van der Waals surface area contributed by atoms with Gasteiger partial charge in [0.1, 0.15) is 6.10 Å². The first-order valence-electron chi connectivity index (χ1n) is 8.54. The molecule has 0 radical (unpaired) electrons. The zero-order chi connectivity index (χ0) is 18.3. The maximum atomic E-state index is 12.9. The molecule has 1 unspecified atom stereocenters. The van der Waals surface area contributed by atoms with Gasteiger partial charge in [-0.1, -0.05) is 0 Å². The maximum absolute atomic E-state index is 12.9. The third-order valence-electron chi connectivity index (χ3n) is 4.95. The predicted molar refractivity (Wildman–Crippen MR) is 100 cm³/mol. The van der Waals surface area contributed by atoms with Crippen LogP contribution in [-0.4, -0.2) is 34.5 Å². The Morgan fingerprint density at radius 1 is 1.31 bits per heavy atom. The molecule has 1 aromatic carbocycles. The molecule has 0 saturated carbocycles. The Balaban J connectivity index is 1.54. The normalized spacial score (nSPS) is 19.3. The number of fused-ring (bicyclic) bond motifs is 2. The number of rotatable bonds is 4. The second-order valence-electron chi connectivity index (χ2n) is 6.42. The Bertz CT molecular complexity index is 952. The van der Waals surface area contributed by atoms with E-state index in [-0.39, 0.29) is 16.9 Å². The molecule has 2 aliphatic rings. The van der Waals surface area contributed by atoms with Crippen molar-refractivity contribution in [2.45, 2.75) is 30.3 Å². The Hall–Kier alpha value is -1.74. The van der Waals surface area contributed by atoms with E-state index in [4.69, 9.17) is 4.74 Å². The first-order chi connectivity index (χ1) is 12.5. The van der Waals surface area contributed by atoms with Crippen LogP contribution in [0.4, 0.5) is 5.69 Å². The molecule has 3 heterocycles. The molecule has 8 heteroatoms. The third-order valence-corrected chi connectivity index (χ3v) is 7.41. The van der Waals surface area contributed by atoms with Crippen LogP contribution in [0.2, 0.25) is 0 Å². The number of amides is 1. The summed E-state index contributed by atoms with van der Waals surface area (Å²) in [5, 5.41) is 2.05. The van der Waals surface area contributed by atoms with Gasteiger partial charge in [-0.3, -0.25) is 4.79 Å². The zero-order valence-corrected chi connectivity index (χ0v) is 16.0. The quantitative estimate of drug-likeness (QED) is 0.866. The fourth-order valence-electron chi connectivity index (χ4n) is 3.57. The molecule has 2 aliphatic heterocycles. The highest BCUT2D eigenvalue weighted by Crippen LogP contribution is 2.36. The van der Waals surface area contributed by atoms with E-state index in [0.717, 1.165) is 22.5 Å². The minimum absolute atomic E-state index is 0.0132. The minimum atomic E-state index is -3.48. The van der Waals surface area contributed by atoms with Crippen LogP contribution in [0.1, 0.15) is 28.5 Å². The summed E-state index contributed by atoms with van der Waals surface area (Å²) >= 11 is 1.64. The Morgan fingerprint density at radius 2 is 2.15 bits per heavy atom. The second kappa shape index (κ2) is 6.77. The van der Waals surface area contributed by atoms with Crippen molar-refractivity contribution in [3.05, 3.63) is 45.6 Å². The molecule has 0 bridgehead atoms. The number of nitrogens with zero attached hydrogens (tertiary/aromatic N) is 1. The van der Waals surface area contributed by atoms with Gasteiger partial charge in [0, 0.05) is 17.1 Å². The highest BCUT2D eigenvalue weighted by molar-refractivity contribution is 7.89. The summed E-state index contributed by atoms with van der Waals surface area (Å²) in [4.78, 5) is 16.0. The molecule has 1 N–H and O–H groups in total. The van der Waals surface area contributed by atoms with Gasteiger partial charge in [0.05, 0.1) is 17.9 Å². The summed E-state index contributed by atoms with van der Waals surface area (Å²) < 4.78 is 32.1. The van der Waals surface area contributed by atoms with E-state index in [1.165, 1.54) is 12.6 Å². The van der Waals surface area contributed by atoms with Gasteiger partial charge >= 0.3 is 0 Å². The fraction of sp³-hybridized carbons (Fsp3) is 0.389. The smallest absolute Gasteiger partial charge is 0.240 e. The molecule has 2 aromatic rings. The second-order valence-corrected chi connectivity index (χ2v) is 9.25. The Labute approximate surface area is 156 Å². The van der Waals surface area contributed by atoms with Gasteiger partial charge in [0.2, 0.25) is 15.9 Å². The number of hydrogen-bond donors (Lipinski definition) is 1. The van der Waals surface area contributed by atoms with Crippen LogP contribution >= 0.6 is 11.3 Å². The van der Waals surface area contributed by atoms with E-state index < -0.39 is 10.0 Å². The lowest BCUT2D eigenvalue weighted by molar-refractivity contribution is -0.121. The number of thiophene rings is 1. The van der Waals surface area contributed by atoms with Crippen LogP contribution in [0, 0.1) is 0 Å². The molecule has 6 nitrogen and oxygen atoms in total. The number of hydrogen-bond acceptors (Lipinski definition) is 5. The van der Waals surface area contributed by atoms with Gasteiger partial charge in [-0.05, 0) is 60.7 Å². The number of benzene rings is 1. The lowest BCUT2D eigenvalue weighted by Gasteiger charge is -2.25. The molecule has 4 rings (SSSR count). The first kappa shape index (κ1) is 17.7. The van der Waals surface area contributed by atoms with E-state index in [0.29, 0.717) is 26.0 Å². The zero-order valence-electron chi connectivity index (χ0n) is 14.4. The van der Waals surface area contributed by atoms with Gasteiger partial charge in [0.25, 0.3) is 0 Å². The monoisotopic (exact) mass is 392 g/mol. The molecule has 1 amide bonds. The van der Waals surface area contributed by atoms with Crippen molar-refractivity contribution in [3.63, 3.8) is 0 Å². The van der Waals surface area contributed by atoms with Gasteiger partial charge in [-0.25, -0.2) is 13.1 Å². The fourth-order valence-corrected chi connectivity index (χ4v) is 5.35. The minimum Gasteiger partial charge on any atom is -0.372 e. The molecule has 0 fully saturated rings. The summed E-state index contributed by atoms with van der Waals surface area (Å²) in [6, 6.07) is 7.03. The number of carbonyl (C=O) groups excluding carboxylic acids is 1. The van der Waals surface area contributed by atoms with Crippen LogP contribution in [0.25, 0.3) is 0 Å². The molecular formula is C18H20N2O4S2. The largest absolute Gasteiger partial charge is 0.372 e. The molecular weight excluding hydrogens is 372 g/mol. The number of nitrogens with one attached hydrogen (secondary N) is 1. The molecule has 1 aromatic heterocycles.